The van der Waals surface area contributed by atoms with E-state index in [0.29, 0.717) is 19.3 Å². The van der Waals surface area contributed by atoms with E-state index in [1.54, 1.807) is 6.08 Å². The zero-order chi connectivity index (χ0) is 36.8. The minimum atomic E-state index is -1.61. The Balaban J connectivity index is 2.53. The summed E-state index contributed by atoms with van der Waals surface area (Å²) in [5.41, 5.74) is 0. The van der Waals surface area contributed by atoms with Gasteiger partial charge in [0.1, 0.15) is 30.5 Å². The van der Waals surface area contributed by atoms with Crippen LogP contribution in [-0.4, -0.2) is 98.7 Å². The van der Waals surface area contributed by atoms with E-state index in [0.717, 1.165) is 38.5 Å². The Morgan fingerprint density at radius 3 is 1.76 bits per heavy atom. The molecule has 50 heavy (non-hydrogen) atoms. The third-order valence-electron chi connectivity index (χ3n) is 9.29. The van der Waals surface area contributed by atoms with Crippen LogP contribution in [-0.2, 0) is 14.3 Å². The molecule has 0 bridgehead atoms. The van der Waals surface area contributed by atoms with Gasteiger partial charge in [0, 0.05) is 0 Å². The zero-order valence-corrected chi connectivity index (χ0v) is 31.3. The molecule has 7 N–H and O–H groups in total. The van der Waals surface area contributed by atoms with E-state index in [2.05, 4.69) is 43.5 Å². The number of allylic oxidation sites excluding steroid dienone is 5. The number of rotatable bonds is 31. The first kappa shape index (κ1) is 46.4. The Morgan fingerprint density at radius 2 is 1.18 bits per heavy atom. The van der Waals surface area contributed by atoms with Crippen LogP contribution in [0.25, 0.3) is 0 Å². The Labute approximate surface area is 303 Å². The smallest absolute Gasteiger partial charge is 0.249 e. The number of aliphatic hydroxyl groups is 6. The average molecular weight is 712 g/mol. The quantitative estimate of drug-likeness (QED) is 0.0342. The fourth-order valence-electron chi connectivity index (χ4n) is 5.93. The molecule has 1 saturated heterocycles. The van der Waals surface area contributed by atoms with Gasteiger partial charge in [0.2, 0.25) is 5.91 Å². The van der Waals surface area contributed by atoms with E-state index in [-0.39, 0.29) is 6.61 Å². The Hall–Kier alpha value is -1.63. The summed E-state index contributed by atoms with van der Waals surface area (Å²) in [5.74, 6) is -0.636. The molecule has 1 aliphatic rings. The first-order valence-corrected chi connectivity index (χ1v) is 19.8. The van der Waals surface area contributed by atoms with E-state index in [1.807, 2.05) is 6.08 Å². The predicted octanol–water partition coefficient (Wildman–Crippen LogP) is 5.91. The van der Waals surface area contributed by atoms with Gasteiger partial charge in [-0.1, -0.05) is 127 Å². The molecule has 0 radical (unpaired) electrons. The van der Waals surface area contributed by atoms with Crippen LogP contribution in [0.3, 0.4) is 0 Å². The molecule has 10 nitrogen and oxygen atoms in total. The van der Waals surface area contributed by atoms with Crippen LogP contribution in [0.15, 0.2) is 36.5 Å². The van der Waals surface area contributed by atoms with Crippen molar-refractivity contribution in [2.75, 3.05) is 13.2 Å². The summed E-state index contributed by atoms with van der Waals surface area (Å²) in [6.45, 7) is 3.51. The van der Waals surface area contributed by atoms with Gasteiger partial charge in [0.15, 0.2) is 6.29 Å². The Kier molecular flexibility index (Phi) is 28.7. The van der Waals surface area contributed by atoms with Crippen molar-refractivity contribution in [1.29, 1.82) is 0 Å². The van der Waals surface area contributed by atoms with Gasteiger partial charge in [-0.25, -0.2) is 0 Å². The van der Waals surface area contributed by atoms with Crippen LogP contribution in [0.2, 0.25) is 0 Å². The van der Waals surface area contributed by atoms with Crippen LogP contribution < -0.4 is 5.32 Å². The van der Waals surface area contributed by atoms with Crippen molar-refractivity contribution in [2.24, 2.45) is 0 Å². The molecule has 0 aromatic rings. The minimum absolute atomic E-state index is 0.295. The first-order valence-electron chi connectivity index (χ1n) is 19.8. The molecule has 10 heteroatoms. The number of unbranched alkanes of at least 4 members (excludes halogenated alkanes) is 16. The van der Waals surface area contributed by atoms with Crippen LogP contribution >= 0.6 is 0 Å². The molecular formula is C40H73NO9. The van der Waals surface area contributed by atoms with Crippen molar-refractivity contribution in [3.05, 3.63) is 36.5 Å². The molecule has 1 heterocycles. The van der Waals surface area contributed by atoms with Crippen LogP contribution in [0.4, 0.5) is 0 Å². The zero-order valence-electron chi connectivity index (χ0n) is 31.3. The van der Waals surface area contributed by atoms with Gasteiger partial charge in [-0.3, -0.25) is 4.79 Å². The number of ether oxygens (including phenoxy) is 2. The molecule has 8 unspecified atom stereocenters. The number of amides is 1. The van der Waals surface area contributed by atoms with E-state index in [4.69, 9.17) is 9.47 Å². The number of carbonyl (C=O) groups is 1. The molecule has 8 atom stereocenters. The lowest BCUT2D eigenvalue weighted by molar-refractivity contribution is -0.302. The van der Waals surface area contributed by atoms with E-state index >= 15 is 0 Å². The summed E-state index contributed by atoms with van der Waals surface area (Å²) < 4.78 is 11.1. The highest BCUT2D eigenvalue weighted by Gasteiger charge is 2.44. The third-order valence-corrected chi connectivity index (χ3v) is 9.29. The van der Waals surface area contributed by atoms with E-state index < -0.39 is 61.5 Å². The number of nitrogens with one attached hydrogen (secondary N) is 1. The highest BCUT2D eigenvalue weighted by Crippen LogP contribution is 2.22. The molecule has 0 aromatic carbocycles. The van der Waals surface area contributed by atoms with Crippen LogP contribution in [0.5, 0.6) is 0 Å². The molecule has 1 amide bonds. The number of hydrogen-bond acceptors (Lipinski definition) is 9. The van der Waals surface area contributed by atoms with E-state index in [1.165, 1.54) is 77.0 Å². The molecule has 0 saturated carbocycles. The highest BCUT2D eigenvalue weighted by atomic mass is 16.7. The second-order valence-corrected chi connectivity index (χ2v) is 13.9. The normalized spacial score (nSPS) is 23.2. The summed E-state index contributed by atoms with van der Waals surface area (Å²) >= 11 is 0. The molecule has 1 aliphatic heterocycles. The van der Waals surface area contributed by atoms with Crippen molar-refractivity contribution in [3.63, 3.8) is 0 Å². The van der Waals surface area contributed by atoms with Crippen molar-refractivity contribution >= 4 is 5.91 Å². The average Bonchev–Trinajstić information content (AvgIpc) is 3.11. The monoisotopic (exact) mass is 712 g/mol. The van der Waals surface area contributed by atoms with Crippen LogP contribution in [0, 0.1) is 0 Å². The number of carbonyl (C=O) groups excluding carboxylic acids is 1. The maximum atomic E-state index is 12.9. The fourth-order valence-corrected chi connectivity index (χ4v) is 5.93. The fraction of sp³-hybridized carbons (Fsp3) is 0.825. The topological polar surface area (TPSA) is 169 Å². The molecular weight excluding hydrogens is 638 g/mol. The molecule has 0 aliphatic carbocycles. The Morgan fingerprint density at radius 1 is 0.680 bits per heavy atom. The number of aliphatic hydroxyl groups excluding tert-OH is 6. The third kappa shape index (κ3) is 21.7. The summed E-state index contributed by atoms with van der Waals surface area (Å²) in [5, 5.41) is 64.2. The summed E-state index contributed by atoms with van der Waals surface area (Å²) in [6.07, 6.45) is 25.2. The SMILES string of the molecule is CCCCCC/C=C\CCCCCCCCC(O)C(=O)NC(COC1OC(CO)C(O)C(O)C1O)C(O)/C=C/CC/C=C/CCCCCCC. The highest BCUT2D eigenvalue weighted by molar-refractivity contribution is 5.80. The van der Waals surface area contributed by atoms with Crippen molar-refractivity contribution < 1.29 is 44.9 Å². The molecule has 1 rings (SSSR count). The second kappa shape index (κ2) is 30.9. The second-order valence-electron chi connectivity index (χ2n) is 13.9. The van der Waals surface area contributed by atoms with E-state index in [9.17, 15) is 35.4 Å². The molecule has 292 valence electrons. The predicted molar refractivity (Wildman–Crippen MR) is 199 cm³/mol. The lowest BCUT2D eigenvalue weighted by Gasteiger charge is -2.40. The summed E-state index contributed by atoms with van der Waals surface area (Å²) in [6, 6.07) is -0.996. The largest absolute Gasteiger partial charge is 0.394 e. The van der Waals surface area contributed by atoms with Gasteiger partial charge < -0.3 is 45.4 Å². The van der Waals surface area contributed by atoms with Gasteiger partial charge in [0.05, 0.1) is 25.4 Å². The molecule has 0 spiro atoms. The van der Waals surface area contributed by atoms with Crippen LogP contribution in [0.1, 0.15) is 149 Å². The lowest BCUT2D eigenvalue weighted by atomic mass is 9.99. The number of hydrogen-bond donors (Lipinski definition) is 7. The maximum Gasteiger partial charge on any atom is 0.249 e. The van der Waals surface area contributed by atoms with Gasteiger partial charge in [-0.2, -0.15) is 0 Å². The Bertz CT molecular complexity index is 896. The van der Waals surface area contributed by atoms with Gasteiger partial charge in [-0.05, 0) is 57.8 Å². The van der Waals surface area contributed by atoms with Gasteiger partial charge in [0.25, 0.3) is 0 Å². The van der Waals surface area contributed by atoms with Crippen molar-refractivity contribution in [1.82, 2.24) is 5.32 Å². The van der Waals surface area contributed by atoms with Gasteiger partial charge >= 0.3 is 0 Å². The summed E-state index contributed by atoms with van der Waals surface area (Å²) in [4.78, 5) is 12.9. The minimum Gasteiger partial charge on any atom is -0.394 e. The first-order chi connectivity index (χ1) is 24.3. The van der Waals surface area contributed by atoms with Crippen molar-refractivity contribution in [3.8, 4) is 0 Å². The summed E-state index contributed by atoms with van der Waals surface area (Å²) in [7, 11) is 0. The standard InChI is InChI=1S/C40H73NO9/c1-3-5-7-9-11-13-15-16-17-19-21-23-25-27-29-34(44)39(48)41-32(31-49-40-38(47)37(46)36(45)35(30-42)50-40)33(43)28-26-24-22-20-18-14-12-10-8-6-4-2/h13,15,18,20,26,28,32-38,40,42-47H,3-12,14,16-17,19,21-25,27,29-31H2,1-2H3,(H,41,48)/b15-13-,20-18+,28-26+. The van der Waals surface area contributed by atoms with Gasteiger partial charge in [-0.15, -0.1) is 0 Å². The molecule has 1 fully saturated rings. The van der Waals surface area contributed by atoms with Crippen molar-refractivity contribution in [2.45, 2.75) is 198 Å². The lowest BCUT2D eigenvalue weighted by Crippen LogP contribution is -2.60. The molecule has 0 aromatic heterocycles. The maximum absolute atomic E-state index is 12.9.